The standard InChI is InChI=1S/C19H30N4O4/c1-3-27-16-9-5-7-14(10-16)6-4-8-15-11-20-17(19(25)22-15)12-21-18(24)13-23(2)26/h5,7,9-10,15,17,20,26H,3-4,6,8,11-13H2,1-2H3,(H,21,24)(H,22,25). The van der Waals surface area contributed by atoms with E-state index in [1.165, 1.54) is 12.6 Å². The molecule has 8 heteroatoms. The highest BCUT2D eigenvalue weighted by molar-refractivity contribution is 5.84. The molecule has 4 N–H and O–H groups in total. The fourth-order valence-corrected chi connectivity index (χ4v) is 3.06. The lowest BCUT2D eigenvalue weighted by Gasteiger charge is -2.30. The monoisotopic (exact) mass is 378 g/mol. The maximum absolute atomic E-state index is 12.2. The van der Waals surface area contributed by atoms with Gasteiger partial charge in [-0.3, -0.25) is 9.59 Å². The first-order valence-corrected chi connectivity index (χ1v) is 9.40. The van der Waals surface area contributed by atoms with Gasteiger partial charge in [0.05, 0.1) is 6.61 Å². The molecule has 0 aromatic heterocycles. The summed E-state index contributed by atoms with van der Waals surface area (Å²) < 4.78 is 5.52. The molecule has 1 aliphatic rings. The Kier molecular flexibility index (Phi) is 8.50. The third kappa shape index (κ3) is 7.54. The van der Waals surface area contributed by atoms with E-state index in [1.807, 2.05) is 19.1 Å². The zero-order chi connectivity index (χ0) is 19.6. The zero-order valence-corrected chi connectivity index (χ0v) is 16.0. The number of piperazine rings is 1. The van der Waals surface area contributed by atoms with E-state index in [0.717, 1.165) is 30.1 Å². The first-order chi connectivity index (χ1) is 13.0. The average molecular weight is 378 g/mol. The topological polar surface area (TPSA) is 103 Å². The maximum Gasteiger partial charge on any atom is 0.239 e. The molecule has 0 spiro atoms. The van der Waals surface area contributed by atoms with Crippen LogP contribution in [0.25, 0.3) is 0 Å². The summed E-state index contributed by atoms with van der Waals surface area (Å²) in [4.78, 5) is 23.7. The van der Waals surface area contributed by atoms with E-state index in [0.29, 0.717) is 13.2 Å². The van der Waals surface area contributed by atoms with Crippen molar-refractivity contribution in [2.45, 2.75) is 38.3 Å². The van der Waals surface area contributed by atoms with E-state index in [-0.39, 0.29) is 30.9 Å². The molecular formula is C19H30N4O4. The second kappa shape index (κ2) is 10.9. The minimum absolute atomic E-state index is 0.0862. The molecule has 1 heterocycles. The molecule has 1 fully saturated rings. The van der Waals surface area contributed by atoms with Crippen LogP contribution in [0.5, 0.6) is 5.75 Å². The van der Waals surface area contributed by atoms with E-state index in [1.54, 1.807) is 0 Å². The molecule has 0 radical (unpaired) electrons. The Morgan fingerprint density at radius 1 is 1.44 bits per heavy atom. The van der Waals surface area contributed by atoms with Crippen LogP contribution in [0.1, 0.15) is 25.3 Å². The number of rotatable bonds is 10. The lowest BCUT2D eigenvalue weighted by atomic mass is 10.0. The number of hydrogen-bond acceptors (Lipinski definition) is 6. The molecule has 2 amide bonds. The Morgan fingerprint density at radius 3 is 2.96 bits per heavy atom. The Bertz CT molecular complexity index is 623. The van der Waals surface area contributed by atoms with Crippen LogP contribution >= 0.6 is 0 Å². The summed E-state index contributed by atoms with van der Waals surface area (Å²) in [5.74, 6) is 0.452. The van der Waals surface area contributed by atoms with Crippen molar-refractivity contribution in [3.8, 4) is 5.75 Å². The molecule has 0 bridgehead atoms. The first kappa shape index (κ1) is 21.1. The number of hydroxylamine groups is 2. The molecule has 1 aromatic rings. The van der Waals surface area contributed by atoms with Crippen LogP contribution in [0, 0.1) is 0 Å². The first-order valence-electron chi connectivity index (χ1n) is 9.40. The van der Waals surface area contributed by atoms with Gasteiger partial charge < -0.3 is 25.9 Å². The number of carbonyl (C=O) groups is 2. The number of likely N-dealkylation sites (N-methyl/N-ethyl adjacent to an activating group) is 1. The predicted octanol–water partition coefficient (Wildman–Crippen LogP) is 0.302. The highest BCUT2D eigenvalue weighted by Gasteiger charge is 2.27. The summed E-state index contributed by atoms with van der Waals surface area (Å²) in [6, 6.07) is 7.74. The van der Waals surface area contributed by atoms with Crippen LogP contribution in [0.4, 0.5) is 0 Å². The van der Waals surface area contributed by atoms with Gasteiger partial charge in [-0.25, -0.2) is 0 Å². The SMILES string of the molecule is CCOc1cccc(CCCC2CNC(CNC(=O)CN(C)O)C(=O)N2)c1. The lowest BCUT2D eigenvalue weighted by molar-refractivity contribution is -0.133. The Hall–Kier alpha value is -2.16. The van der Waals surface area contributed by atoms with E-state index >= 15 is 0 Å². The van der Waals surface area contributed by atoms with Crippen LogP contribution in [-0.2, 0) is 16.0 Å². The van der Waals surface area contributed by atoms with Crippen molar-refractivity contribution < 1.29 is 19.5 Å². The van der Waals surface area contributed by atoms with Crippen LogP contribution in [0.2, 0.25) is 0 Å². The fraction of sp³-hybridized carbons (Fsp3) is 0.579. The molecule has 150 valence electrons. The smallest absolute Gasteiger partial charge is 0.239 e. The summed E-state index contributed by atoms with van der Waals surface area (Å²) in [5.41, 5.74) is 1.23. The van der Waals surface area contributed by atoms with Crippen LogP contribution in [0.3, 0.4) is 0 Å². The normalized spacial score (nSPS) is 19.6. The van der Waals surface area contributed by atoms with Crippen molar-refractivity contribution in [2.24, 2.45) is 0 Å². The van der Waals surface area contributed by atoms with E-state index in [9.17, 15) is 9.59 Å². The summed E-state index contributed by atoms with van der Waals surface area (Å²) in [6.07, 6.45) is 2.78. The summed E-state index contributed by atoms with van der Waals surface area (Å²) in [5, 5.41) is 18.6. The van der Waals surface area contributed by atoms with Gasteiger partial charge in [-0.2, -0.15) is 5.06 Å². The van der Waals surface area contributed by atoms with Gasteiger partial charge in [-0.05, 0) is 43.9 Å². The van der Waals surface area contributed by atoms with Gasteiger partial charge in [0.1, 0.15) is 18.3 Å². The molecule has 1 aromatic carbocycles. The molecule has 1 aliphatic heterocycles. The van der Waals surface area contributed by atoms with E-state index in [4.69, 9.17) is 9.94 Å². The molecule has 0 saturated carbocycles. The summed E-state index contributed by atoms with van der Waals surface area (Å²) in [6.45, 7) is 3.37. The summed E-state index contributed by atoms with van der Waals surface area (Å²) in [7, 11) is 1.39. The van der Waals surface area contributed by atoms with Crippen molar-refractivity contribution in [1.82, 2.24) is 21.0 Å². The van der Waals surface area contributed by atoms with Crippen LogP contribution in [0.15, 0.2) is 24.3 Å². The third-order valence-corrected chi connectivity index (χ3v) is 4.38. The number of nitrogens with one attached hydrogen (secondary N) is 3. The number of nitrogens with zero attached hydrogens (tertiary/aromatic N) is 1. The zero-order valence-electron chi connectivity index (χ0n) is 16.0. The second-order valence-electron chi connectivity index (χ2n) is 6.76. The number of ether oxygens (including phenoxy) is 1. The van der Waals surface area contributed by atoms with Gasteiger partial charge in [0, 0.05) is 26.2 Å². The third-order valence-electron chi connectivity index (χ3n) is 4.38. The van der Waals surface area contributed by atoms with Gasteiger partial charge in [0.2, 0.25) is 11.8 Å². The molecule has 2 unspecified atom stereocenters. The quantitative estimate of drug-likeness (QED) is 0.437. The van der Waals surface area contributed by atoms with Gasteiger partial charge in [0.25, 0.3) is 0 Å². The van der Waals surface area contributed by atoms with Gasteiger partial charge in [-0.15, -0.1) is 0 Å². The van der Waals surface area contributed by atoms with Gasteiger partial charge in [0.15, 0.2) is 0 Å². The highest BCUT2D eigenvalue weighted by Crippen LogP contribution is 2.16. The molecule has 2 atom stereocenters. The van der Waals surface area contributed by atoms with Gasteiger partial charge in [-0.1, -0.05) is 12.1 Å². The molecule has 2 rings (SSSR count). The van der Waals surface area contributed by atoms with Crippen LogP contribution in [-0.4, -0.2) is 67.5 Å². The Balaban J connectivity index is 1.68. The molecule has 0 aliphatic carbocycles. The van der Waals surface area contributed by atoms with Crippen molar-refractivity contribution in [1.29, 1.82) is 0 Å². The molecule has 1 saturated heterocycles. The highest BCUT2D eigenvalue weighted by atomic mass is 16.5. The maximum atomic E-state index is 12.2. The molecule has 8 nitrogen and oxygen atoms in total. The van der Waals surface area contributed by atoms with Gasteiger partial charge >= 0.3 is 0 Å². The largest absolute Gasteiger partial charge is 0.494 e. The predicted molar refractivity (Wildman–Crippen MR) is 102 cm³/mol. The summed E-state index contributed by atoms with van der Waals surface area (Å²) >= 11 is 0. The Labute approximate surface area is 160 Å². The van der Waals surface area contributed by atoms with Crippen molar-refractivity contribution in [3.05, 3.63) is 29.8 Å². The van der Waals surface area contributed by atoms with Crippen molar-refractivity contribution in [3.63, 3.8) is 0 Å². The van der Waals surface area contributed by atoms with Crippen LogP contribution < -0.4 is 20.7 Å². The average Bonchev–Trinajstić information content (AvgIpc) is 2.61. The fourth-order valence-electron chi connectivity index (χ4n) is 3.06. The second-order valence-corrected chi connectivity index (χ2v) is 6.76. The lowest BCUT2D eigenvalue weighted by Crippen LogP contribution is -2.61. The van der Waals surface area contributed by atoms with E-state index < -0.39 is 6.04 Å². The number of aryl methyl sites for hydroxylation is 1. The van der Waals surface area contributed by atoms with Crippen molar-refractivity contribution in [2.75, 3.05) is 33.3 Å². The van der Waals surface area contributed by atoms with Crippen molar-refractivity contribution >= 4 is 11.8 Å². The number of hydrogen-bond donors (Lipinski definition) is 4. The minimum Gasteiger partial charge on any atom is -0.494 e. The minimum atomic E-state index is -0.447. The van der Waals surface area contributed by atoms with E-state index in [2.05, 4.69) is 28.1 Å². The Morgan fingerprint density at radius 2 is 2.26 bits per heavy atom. The number of amides is 2. The molecular weight excluding hydrogens is 348 g/mol. The molecule has 27 heavy (non-hydrogen) atoms. The number of benzene rings is 1. The number of carbonyl (C=O) groups excluding carboxylic acids is 2.